The largest absolute Gasteiger partial charge is 2.00 e. The summed E-state index contributed by atoms with van der Waals surface area (Å²) in [6, 6.07) is -1.06. The SMILES string of the molecule is NC(CCC(=O)O)C(=O)O.[H+].[H+].[Mg+2]. The van der Waals surface area contributed by atoms with Gasteiger partial charge in [0.05, 0.1) is 0 Å². The van der Waals surface area contributed by atoms with Gasteiger partial charge < -0.3 is 15.9 Å². The standard InChI is InChI=1S/C5H9NO4.Mg/c6-3(5(9)10)1-2-4(7)8;/h3H,1-2,6H2,(H,7,8)(H,9,10);/q;+2/p+2. The van der Waals surface area contributed by atoms with Crippen LogP contribution in [0.2, 0.25) is 0 Å². The van der Waals surface area contributed by atoms with Gasteiger partial charge in [-0.05, 0) is 6.42 Å². The van der Waals surface area contributed by atoms with Crippen molar-refractivity contribution in [1.29, 1.82) is 0 Å². The smallest absolute Gasteiger partial charge is 0.481 e. The van der Waals surface area contributed by atoms with E-state index in [1.165, 1.54) is 0 Å². The normalized spacial score (nSPS) is 11.4. The molecule has 0 aliphatic carbocycles. The van der Waals surface area contributed by atoms with Gasteiger partial charge in [-0.25, -0.2) is 0 Å². The van der Waals surface area contributed by atoms with E-state index in [-0.39, 0.29) is 38.7 Å². The number of carbonyl (C=O) groups is 2. The van der Waals surface area contributed by atoms with Crippen molar-refractivity contribution >= 4 is 35.0 Å². The van der Waals surface area contributed by atoms with Crippen molar-refractivity contribution in [3.05, 3.63) is 0 Å². The molecule has 0 heterocycles. The minimum absolute atomic E-state index is 0. The van der Waals surface area contributed by atoms with Crippen LogP contribution in [0.1, 0.15) is 15.7 Å². The second-order valence-corrected chi connectivity index (χ2v) is 1.88. The molecule has 0 fully saturated rings. The Morgan fingerprint density at radius 3 is 2.18 bits per heavy atom. The maximum atomic E-state index is 9.99. The molecule has 1 unspecified atom stereocenters. The van der Waals surface area contributed by atoms with Crippen LogP contribution in [0.15, 0.2) is 0 Å². The zero-order valence-electron chi connectivity index (χ0n) is 7.99. The monoisotopic (exact) mass is 173 g/mol. The predicted molar refractivity (Wildman–Crippen MR) is 40.5 cm³/mol. The van der Waals surface area contributed by atoms with E-state index in [1.807, 2.05) is 0 Å². The van der Waals surface area contributed by atoms with E-state index in [0.717, 1.165) is 0 Å². The summed E-state index contributed by atoms with van der Waals surface area (Å²) in [5, 5.41) is 16.3. The second-order valence-electron chi connectivity index (χ2n) is 1.88. The molecule has 0 aromatic rings. The third kappa shape index (κ3) is 7.56. The van der Waals surface area contributed by atoms with Gasteiger partial charge in [0, 0.05) is 6.42 Å². The van der Waals surface area contributed by atoms with Crippen LogP contribution in [0.25, 0.3) is 0 Å². The Hall–Kier alpha value is -0.334. The first-order valence-corrected chi connectivity index (χ1v) is 2.74. The van der Waals surface area contributed by atoms with Crippen molar-refractivity contribution < 1.29 is 22.7 Å². The van der Waals surface area contributed by atoms with E-state index >= 15 is 0 Å². The maximum Gasteiger partial charge on any atom is 2.00 e. The Bertz CT molecular complexity index is 157. The molecule has 0 aromatic heterocycles. The Balaban J connectivity index is -0.000000135. The van der Waals surface area contributed by atoms with Gasteiger partial charge in [-0.15, -0.1) is 0 Å². The molecular weight excluding hydrogens is 162 g/mol. The Kier molecular flexibility index (Phi) is 7.70. The maximum absolute atomic E-state index is 9.99. The fourth-order valence-corrected chi connectivity index (χ4v) is 0.402. The molecular formula is C5H11MgNO4+4. The summed E-state index contributed by atoms with van der Waals surface area (Å²) < 4.78 is 0. The predicted octanol–water partition coefficient (Wildman–Crippen LogP) is -0.893. The van der Waals surface area contributed by atoms with Crippen molar-refractivity contribution in [3.63, 3.8) is 0 Å². The first-order chi connectivity index (χ1) is 4.54. The quantitative estimate of drug-likeness (QED) is 0.479. The molecule has 6 heteroatoms. The third-order valence-corrected chi connectivity index (χ3v) is 0.986. The van der Waals surface area contributed by atoms with Gasteiger partial charge in [-0.2, -0.15) is 0 Å². The summed E-state index contributed by atoms with van der Waals surface area (Å²) in [5.41, 5.74) is 5.00. The van der Waals surface area contributed by atoms with Gasteiger partial charge >= 0.3 is 37.8 Å². The van der Waals surface area contributed by atoms with E-state index in [9.17, 15) is 9.59 Å². The van der Waals surface area contributed by atoms with E-state index in [0.29, 0.717) is 0 Å². The van der Waals surface area contributed by atoms with E-state index < -0.39 is 18.0 Å². The zero-order valence-corrected chi connectivity index (χ0v) is 7.40. The molecule has 0 spiro atoms. The number of carboxylic acid groups (broad SMARTS) is 2. The van der Waals surface area contributed by atoms with E-state index in [2.05, 4.69) is 0 Å². The molecule has 11 heavy (non-hydrogen) atoms. The van der Waals surface area contributed by atoms with Crippen LogP contribution in [-0.4, -0.2) is 51.2 Å². The molecule has 0 amide bonds. The summed E-state index contributed by atoms with van der Waals surface area (Å²) >= 11 is 0. The molecule has 4 N–H and O–H groups in total. The van der Waals surface area contributed by atoms with Gasteiger partial charge in [0.25, 0.3) is 0 Å². The Morgan fingerprint density at radius 2 is 1.91 bits per heavy atom. The minimum Gasteiger partial charge on any atom is -0.481 e. The van der Waals surface area contributed by atoms with Crippen molar-refractivity contribution in [2.45, 2.75) is 18.9 Å². The van der Waals surface area contributed by atoms with E-state index in [4.69, 9.17) is 15.9 Å². The van der Waals surface area contributed by atoms with Crippen LogP contribution < -0.4 is 5.73 Å². The van der Waals surface area contributed by atoms with Crippen LogP contribution in [0.3, 0.4) is 0 Å². The summed E-state index contributed by atoms with van der Waals surface area (Å²) in [4.78, 5) is 19.9. The molecule has 5 nitrogen and oxygen atoms in total. The molecule has 0 aliphatic heterocycles. The van der Waals surface area contributed by atoms with Gasteiger partial charge in [0.15, 0.2) is 0 Å². The number of rotatable bonds is 4. The number of hydrogen-bond donors (Lipinski definition) is 3. The number of hydrogen-bond acceptors (Lipinski definition) is 3. The number of aliphatic carboxylic acids is 2. The van der Waals surface area contributed by atoms with Gasteiger partial charge in [-0.1, -0.05) is 0 Å². The first kappa shape index (κ1) is 13.3. The molecule has 0 aliphatic rings. The van der Waals surface area contributed by atoms with Gasteiger partial charge in [0.1, 0.15) is 6.04 Å². The summed E-state index contributed by atoms with van der Waals surface area (Å²) in [6.07, 6.45) is -0.224. The fraction of sp³-hybridized carbons (Fsp3) is 0.600. The molecule has 0 bridgehead atoms. The third-order valence-electron chi connectivity index (χ3n) is 0.986. The van der Waals surface area contributed by atoms with Crippen LogP contribution in [0.5, 0.6) is 0 Å². The van der Waals surface area contributed by atoms with E-state index in [1.54, 1.807) is 0 Å². The summed E-state index contributed by atoms with van der Waals surface area (Å²) in [5.74, 6) is -2.20. The van der Waals surface area contributed by atoms with Crippen molar-refractivity contribution in [2.75, 3.05) is 0 Å². The van der Waals surface area contributed by atoms with Gasteiger partial charge in [-0.3, -0.25) is 9.59 Å². The minimum atomic E-state index is -1.17. The molecule has 58 valence electrons. The molecule has 0 saturated carbocycles. The number of nitrogens with two attached hydrogens (primary N) is 1. The summed E-state index contributed by atoms with van der Waals surface area (Å²) in [7, 11) is 0. The van der Waals surface area contributed by atoms with Crippen molar-refractivity contribution in [2.24, 2.45) is 5.73 Å². The number of carboxylic acids is 2. The molecule has 0 aromatic carbocycles. The molecule has 0 rings (SSSR count). The second kappa shape index (κ2) is 6.38. The summed E-state index contributed by atoms with van der Waals surface area (Å²) in [6.45, 7) is 0. The molecule has 0 saturated heterocycles. The van der Waals surface area contributed by atoms with Crippen LogP contribution in [-0.2, 0) is 9.59 Å². The average molecular weight is 173 g/mol. The Morgan fingerprint density at radius 1 is 1.45 bits per heavy atom. The topological polar surface area (TPSA) is 101 Å². The first-order valence-electron chi connectivity index (χ1n) is 2.74. The molecule has 0 radical (unpaired) electrons. The van der Waals surface area contributed by atoms with Crippen LogP contribution in [0, 0.1) is 0 Å². The van der Waals surface area contributed by atoms with Crippen LogP contribution in [0.4, 0.5) is 0 Å². The van der Waals surface area contributed by atoms with Crippen molar-refractivity contribution in [3.8, 4) is 0 Å². The Labute approximate surface area is 82.7 Å². The average Bonchev–Trinajstić information content (AvgIpc) is 1.82. The van der Waals surface area contributed by atoms with Gasteiger partial charge in [0.2, 0.25) is 0 Å². The van der Waals surface area contributed by atoms with Crippen molar-refractivity contribution in [1.82, 2.24) is 0 Å². The fourth-order valence-electron chi connectivity index (χ4n) is 0.402. The molecule has 1 atom stereocenters. The van der Waals surface area contributed by atoms with Crippen LogP contribution >= 0.6 is 0 Å². The zero-order chi connectivity index (χ0) is 8.15.